The summed E-state index contributed by atoms with van der Waals surface area (Å²) >= 11 is 0. The monoisotopic (exact) mass is 373 g/mol. The maximum absolute atomic E-state index is 4.40. The van der Waals surface area contributed by atoms with Gasteiger partial charge in [0.25, 0.3) is 0 Å². The van der Waals surface area contributed by atoms with Gasteiger partial charge >= 0.3 is 0 Å². The van der Waals surface area contributed by atoms with Crippen LogP contribution in [0.15, 0.2) is 29.3 Å². The minimum absolute atomic E-state index is 0.462. The topological polar surface area (TPSA) is 42.9 Å². The zero-order valence-electron chi connectivity index (χ0n) is 17.8. The molecule has 1 aromatic rings. The molecule has 2 N–H and O–H groups in total. The van der Waals surface area contributed by atoms with Gasteiger partial charge in [0.1, 0.15) is 0 Å². The quantitative estimate of drug-likeness (QED) is 0.375. The largest absolute Gasteiger partial charge is 0.369 e. The standard InChI is InChI=1S/C22H39N5/c1-19-10-12-21(13-11-19)27-17-14-20(18-27)25-22(23-2)24-15-8-6-5-7-9-16-26(3)4/h10-13,20H,5-9,14-18H2,1-4H3,(H2,23,24,25). The Labute approximate surface area is 166 Å². The van der Waals surface area contributed by atoms with Crippen LogP contribution < -0.4 is 15.5 Å². The van der Waals surface area contributed by atoms with E-state index in [2.05, 4.69) is 70.7 Å². The van der Waals surface area contributed by atoms with Gasteiger partial charge in [-0.1, -0.05) is 37.0 Å². The van der Waals surface area contributed by atoms with E-state index in [1.54, 1.807) is 0 Å². The molecule has 0 spiro atoms. The van der Waals surface area contributed by atoms with Crippen LogP contribution in [0.1, 0.15) is 44.1 Å². The molecule has 1 heterocycles. The number of rotatable bonds is 10. The summed E-state index contributed by atoms with van der Waals surface area (Å²) in [6.45, 7) is 6.48. The van der Waals surface area contributed by atoms with Gasteiger partial charge in [-0.3, -0.25) is 4.99 Å². The second kappa shape index (κ2) is 11.9. The average molecular weight is 374 g/mol. The Hall–Kier alpha value is -1.75. The maximum Gasteiger partial charge on any atom is 0.191 e. The minimum Gasteiger partial charge on any atom is -0.369 e. The van der Waals surface area contributed by atoms with Gasteiger partial charge in [-0.25, -0.2) is 0 Å². The number of anilines is 1. The van der Waals surface area contributed by atoms with Crippen molar-refractivity contribution < 1.29 is 0 Å². The average Bonchev–Trinajstić information content (AvgIpc) is 3.11. The third-order valence-corrected chi connectivity index (χ3v) is 5.23. The van der Waals surface area contributed by atoms with Gasteiger partial charge in [-0.2, -0.15) is 0 Å². The highest BCUT2D eigenvalue weighted by molar-refractivity contribution is 5.80. The van der Waals surface area contributed by atoms with Crippen molar-refractivity contribution in [3.63, 3.8) is 0 Å². The fourth-order valence-electron chi connectivity index (χ4n) is 3.55. The van der Waals surface area contributed by atoms with Gasteiger partial charge in [0.05, 0.1) is 0 Å². The van der Waals surface area contributed by atoms with E-state index in [9.17, 15) is 0 Å². The van der Waals surface area contributed by atoms with Gasteiger partial charge < -0.3 is 20.4 Å². The maximum atomic E-state index is 4.40. The lowest BCUT2D eigenvalue weighted by Gasteiger charge is -2.20. The number of benzene rings is 1. The summed E-state index contributed by atoms with van der Waals surface area (Å²) in [6.07, 6.45) is 7.63. The first kappa shape index (κ1) is 21.5. The van der Waals surface area contributed by atoms with Gasteiger partial charge in [0.15, 0.2) is 5.96 Å². The molecule has 5 nitrogen and oxygen atoms in total. The highest BCUT2D eigenvalue weighted by atomic mass is 15.2. The van der Waals surface area contributed by atoms with Crippen LogP contribution in [0.4, 0.5) is 5.69 Å². The van der Waals surface area contributed by atoms with Crippen molar-refractivity contribution in [2.24, 2.45) is 4.99 Å². The smallest absolute Gasteiger partial charge is 0.191 e. The number of aliphatic imine (C=N–C) groups is 1. The molecule has 1 aliphatic heterocycles. The molecule has 0 amide bonds. The molecule has 1 aromatic carbocycles. The van der Waals surface area contributed by atoms with Gasteiger partial charge in [0.2, 0.25) is 0 Å². The molecule has 1 saturated heterocycles. The molecule has 0 saturated carbocycles. The number of nitrogens with zero attached hydrogens (tertiary/aromatic N) is 3. The van der Waals surface area contributed by atoms with Gasteiger partial charge in [-0.15, -0.1) is 0 Å². The molecule has 0 aromatic heterocycles. The Morgan fingerprint density at radius 3 is 2.52 bits per heavy atom. The predicted octanol–water partition coefficient (Wildman–Crippen LogP) is 3.25. The molecule has 1 aliphatic rings. The highest BCUT2D eigenvalue weighted by Gasteiger charge is 2.23. The Bertz CT molecular complexity index is 552. The number of unbranched alkanes of at least 4 members (excludes halogenated alkanes) is 4. The molecule has 152 valence electrons. The van der Waals surface area contributed by atoms with Gasteiger partial charge in [0, 0.05) is 38.4 Å². The molecule has 2 rings (SSSR count). The molecule has 1 atom stereocenters. The third kappa shape index (κ3) is 8.21. The van der Waals surface area contributed by atoms with Crippen LogP contribution >= 0.6 is 0 Å². The first-order chi connectivity index (χ1) is 13.1. The van der Waals surface area contributed by atoms with Crippen molar-refractivity contribution in [3.8, 4) is 0 Å². The summed E-state index contributed by atoms with van der Waals surface area (Å²) in [5.74, 6) is 0.943. The van der Waals surface area contributed by atoms with Crippen molar-refractivity contribution in [3.05, 3.63) is 29.8 Å². The third-order valence-electron chi connectivity index (χ3n) is 5.23. The summed E-state index contributed by atoms with van der Waals surface area (Å²) in [5.41, 5.74) is 2.64. The van der Waals surface area contributed by atoms with Crippen molar-refractivity contribution in [1.82, 2.24) is 15.5 Å². The Kier molecular flexibility index (Phi) is 9.46. The van der Waals surface area contributed by atoms with Gasteiger partial charge in [-0.05, 0) is 59.0 Å². The Morgan fingerprint density at radius 1 is 1.11 bits per heavy atom. The Balaban J connectivity index is 1.59. The molecule has 1 unspecified atom stereocenters. The van der Waals surface area contributed by atoms with E-state index in [0.717, 1.165) is 32.0 Å². The zero-order chi connectivity index (χ0) is 19.5. The van der Waals surface area contributed by atoms with E-state index < -0.39 is 0 Å². The second-order valence-corrected chi connectivity index (χ2v) is 7.98. The molecule has 0 bridgehead atoms. The molecule has 5 heteroatoms. The first-order valence-corrected chi connectivity index (χ1v) is 10.5. The lowest BCUT2D eigenvalue weighted by Crippen LogP contribution is -2.44. The van der Waals surface area contributed by atoms with Crippen LogP contribution in [0.3, 0.4) is 0 Å². The lowest BCUT2D eigenvalue weighted by atomic mass is 10.1. The van der Waals surface area contributed by atoms with E-state index in [-0.39, 0.29) is 0 Å². The number of aryl methyl sites for hydroxylation is 1. The normalized spacial score (nSPS) is 17.6. The second-order valence-electron chi connectivity index (χ2n) is 7.98. The molecule has 0 radical (unpaired) electrons. The van der Waals surface area contributed by atoms with Crippen molar-refractivity contribution >= 4 is 11.6 Å². The van der Waals surface area contributed by atoms with Crippen LogP contribution in [0.25, 0.3) is 0 Å². The first-order valence-electron chi connectivity index (χ1n) is 10.5. The van der Waals surface area contributed by atoms with Crippen molar-refractivity contribution in [2.45, 2.75) is 51.5 Å². The summed E-state index contributed by atoms with van der Waals surface area (Å²) < 4.78 is 0. The minimum atomic E-state index is 0.462. The summed E-state index contributed by atoms with van der Waals surface area (Å²) in [7, 11) is 6.16. The molecule has 27 heavy (non-hydrogen) atoms. The van der Waals surface area contributed by atoms with E-state index in [1.807, 2.05) is 7.05 Å². The fourth-order valence-corrected chi connectivity index (χ4v) is 3.55. The van der Waals surface area contributed by atoms with Crippen LogP contribution in [-0.2, 0) is 0 Å². The molecule has 0 aliphatic carbocycles. The lowest BCUT2D eigenvalue weighted by molar-refractivity contribution is 0.389. The van der Waals surface area contributed by atoms with Crippen molar-refractivity contribution in [2.75, 3.05) is 52.2 Å². The van der Waals surface area contributed by atoms with Crippen molar-refractivity contribution in [1.29, 1.82) is 0 Å². The van der Waals surface area contributed by atoms with E-state index in [4.69, 9.17) is 0 Å². The molecule has 1 fully saturated rings. The molecular formula is C22H39N5. The van der Waals surface area contributed by atoms with Crippen LogP contribution in [-0.4, -0.2) is 64.2 Å². The number of nitrogens with one attached hydrogen (secondary N) is 2. The summed E-state index contributed by atoms with van der Waals surface area (Å²) in [4.78, 5) is 9.12. The number of hydrogen-bond acceptors (Lipinski definition) is 3. The molecular weight excluding hydrogens is 334 g/mol. The Morgan fingerprint density at radius 2 is 1.81 bits per heavy atom. The number of hydrogen-bond donors (Lipinski definition) is 2. The van der Waals surface area contributed by atoms with E-state index in [1.165, 1.54) is 49.9 Å². The van der Waals surface area contributed by atoms with Crippen LogP contribution in [0.2, 0.25) is 0 Å². The predicted molar refractivity (Wildman–Crippen MR) is 118 cm³/mol. The highest BCUT2D eigenvalue weighted by Crippen LogP contribution is 2.20. The van der Waals surface area contributed by atoms with E-state index in [0.29, 0.717) is 6.04 Å². The fraction of sp³-hybridized carbons (Fsp3) is 0.682. The summed E-state index contributed by atoms with van der Waals surface area (Å²) in [6, 6.07) is 9.30. The van der Waals surface area contributed by atoms with E-state index >= 15 is 0 Å². The number of guanidine groups is 1. The summed E-state index contributed by atoms with van der Waals surface area (Å²) in [5, 5.41) is 7.07. The zero-order valence-corrected chi connectivity index (χ0v) is 17.8. The SMILES string of the molecule is CN=C(NCCCCCCCN(C)C)NC1CCN(c2ccc(C)cc2)C1. The van der Waals surface area contributed by atoms with Crippen LogP contribution in [0.5, 0.6) is 0 Å². The van der Waals surface area contributed by atoms with Crippen LogP contribution in [0, 0.1) is 6.92 Å².